The number of hydrogen-bond donors (Lipinski definition) is 6. The predicted molar refractivity (Wildman–Crippen MR) is 568 cm³/mol. The maximum Gasteiger partial charge on any atom is 0.343 e. The van der Waals surface area contributed by atoms with Crippen molar-refractivity contribution < 1.29 is 66.0 Å². The zero-order valence-electron chi connectivity index (χ0n) is 84.8. The maximum atomic E-state index is 14.0. The second kappa shape index (κ2) is 53.5. The molecule has 0 saturated carbocycles. The molecule has 0 spiro atoms. The second-order valence-corrected chi connectivity index (χ2v) is 42.3. The first-order valence-electron chi connectivity index (χ1n) is 49.5. The molecule has 32 nitrogen and oxygen atoms in total. The fraction of sp³-hybridized carbons (Fsp3) is 0.426. The highest BCUT2D eigenvalue weighted by molar-refractivity contribution is 8.01. The molecular weight excluding hydrogens is 1900 g/mol. The Kier molecular flexibility index (Phi) is 41.3. The number of aryl methyl sites for hydroxylation is 1. The number of H-pyrrole nitrogens is 1. The third kappa shape index (κ3) is 31.7. The van der Waals surface area contributed by atoms with E-state index in [1.165, 1.54) is 109 Å². The number of primary amides is 1. The van der Waals surface area contributed by atoms with Crippen molar-refractivity contribution in [1.29, 1.82) is 0 Å². The molecule has 0 aliphatic carbocycles. The lowest BCUT2D eigenvalue weighted by Gasteiger charge is -2.31. The molecule has 1 fully saturated rings. The van der Waals surface area contributed by atoms with Crippen LogP contribution in [0.5, 0.6) is 28.7 Å². The number of anilines is 4. The van der Waals surface area contributed by atoms with E-state index >= 15 is 0 Å². The maximum absolute atomic E-state index is 14.0. The Morgan fingerprint density at radius 3 is 1.90 bits per heavy atom. The molecule has 144 heavy (non-hydrogen) atoms. The largest absolute Gasteiger partial charge is 0.506 e. The number of aromatic amines is 1. The Bertz CT molecular complexity index is 6470. The van der Waals surface area contributed by atoms with Gasteiger partial charge in [0.25, 0.3) is 17.7 Å². The van der Waals surface area contributed by atoms with Gasteiger partial charge in [-0.05, 0) is 210 Å². The molecule has 5 heterocycles. The number of benzene rings is 9. The summed E-state index contributed by atoms with van der Waals surface area (Å²) in [6.07, 6.45) is 20.9. The van der Waals surface area contributed by atoms with Crippen molar-refractivity contribution in [2.24, 2.45) is 22.2 Å². The minimum absolute atomic E-state index is 0.0338. The van der Waals surface area contributed by atoms with E-state index in [-0.39, 0.29) is 75.1 Å². The Balaban J connectivity index is 0.000000203. The molecule has 14 rings (SSSR count). The van der Waals surface area contributed by atoms with Gasteiger partial charge in [-0.15, -0.1) is 10.2 Å². The number of fused-ring (bicyclic) bond motifs is 2. The van der Waals surface area contributed by atoms with E-state index in [1.807, 2.05) is 81.4 Å². The van der Waals surface area contributed by atoms with Crippen LogP contribution in [0.1, 0.15) is 261 Å². The van der Waals surface area contributed by atoms with E-state index < -0.39 is 50.6 Å². The number of nitrogens with one attached hydrogen (secondary N) is 4. The number of para-hydroxylation sites is 2. The van der Waals surface area contributed by atoms with Crippen LogP contribution in [0.3, 0.4) is 0 Å². The smallest absolute Gasteiger partial charge is 0.343 e. The van der Waals surface area contributed by atoms with Crippen molar-refractivity contribution in [2.45, 2.75) is 270 Å². The summed E-state index contributed by atoms with van der Waals surface area (Å²) < 4.78 is 55.8. The standard InChI is InChI=1S/C40H50N8O3S.C40H56N6O7S2.C15H20ClNO2.C13H9N3O2/c1-8-32(51-33-23-18-27(39(4,5)9-2)26-31(33)40(6,7)10-3)36(49)41-28-19-21-30(22-20-28)47-37(50)34(35(43-47)46-24-14-15-25-46)52-38-42-44-45-48(38)29-16-12-11-13-17-29;1-3-5-6-7-8-9-10-11-12-13-14-15-16-19-25-55(50,51)43-34-26-30(29-54-40-42-44-45-46(40)28-37(47)52-24-4-2)22-23-35(34)53-36-27-33(39(41)49)38(48)32-21-18-17-20-31(32)36;1-9-6-7-11(16)12(8-9)17-14(19)10(2)13(18)15(3,4)5;17-13(18-10-4-2-1-3-5-10)9-6-7-11-12(8-9)15-16-14-11/h11-13,16-23,26,32,34H,8-10,14-15,24-25H2,1-7H3,(H,41,49);17-18,20-23,26-27,43,48H,3-16,19,24-25,28-29H2,1-2H3,(H2,41,49);6-8,10H,1-5H3,(H,17,19);1-8H,(H,14,15,16). The topological polar surface area (TPSA) is 420 Å². The van der Waals surface area contributed by atoms with Crippen LogP contribution in [0.2, 0.25) is 5.02 Å². The van der Waals surface area contributed by atoms with Gasteiger partial charge < -0.3 is 45.3 Å². The van der Waals surface area contributed by atoms with Gasteiger partial charge in [0, 0.05) is 46.3 Å². The number of nitrogens with zero attached hydrogens (tertiary/aromatic N) is 13. The first-order chi connectivity index (χ1) is 69.0. The first-order valence-corrected chi connectivity index (χ1v) is 53.4. The minimum atomic E-state index is -3.78. The predicted octanol–water partition coefficient (Wildman–Crippen LogP) is 22.7. The van der Waals surface area contributed by atoms with Crippen LogP contribution < -0.4 is 40.3 Å². The zero-order valence-corrected chi connectivity index (χ0v) is 88.0. The highest BCUT2D eigenvalue weighted by atomic mass is 35.5. The number of amidine groups is 1. The molecule has 12 aromatic rings. The lowest BCUT2D eigenvalue weighted by Crippen LogP contribution is -2.37. The number of ether oxygens (including phenoxy) is 4. The van der Waals surface area contributed by atoms with Crippen LogP contribution in [0.25, 0.3) is 27.5 Å². The normalized spacial score (nSPS) is 13.6. The number of likely N-dealkylation sites (tertiary alicyclic amines) is 1. The zero-order chi connectivity index (χ0) is 104. The second-order valence-electron chi connectivity index (χ2n) is 38.0. The first kappa shape index (κ1) is 111. The molecule has 3 unspecified atom stereocenters. The van der Waals surface area contributed by atoms with E-state index in [2.05, 4.69) is 127 Å². The van der Waals surface area contributed by atoms with Crippen molar-refractivity contribution >= 4 is 137 Å². The number of rotatable bonds is 45. The molecule has 7 N–H and O–H groups in total. The number of amides is 4. The SMILES string of the molecule is CCC(Oc1ccc(C(C)(C)CC)cc1C(C)(C)CC)C(=O)Nc1ccc(N2N=C(N3CCCC3)C(Sc3nnnn3-c3ccccc3)C2=O)cc1.CCCCCCCCCCCCCCCCS(=O)(=O)Nc1cc(CSc2nnnn2CC(=O)OCCC)ccc1Oc1cc(C(N)=O)c(O)c2ccccc12.Cc1ccc(Cl)c(NC(=O)C(C)C(=O)C(C)(C)C)c1.O=C(Oc1ccccc1)c1ccc2n[nH]nc2c1. The van der Waals surface area contributed by atoms with Crippen molar-refractivity contribution in [3.8, 4) is 34.4 Å². The highest BCUT2D eigenvalue weighted by Crippen LogP contribution is 2.44. The van der Waals surface area contributed by atoms with Gasteiger partial charge in [0.1, 0.15) is 52.2 Å². The number of tetrazole rings is 2. The molecule has 36 heteroatoms. The average molecular weight is 2040 g/mol. The Morgan fingerprint density at radius 2 is 1.25 bits per heavy atom. The molecule has 4 amide bonds. The quantitative estimate of drug-likeness (QED) is 0.00678. The summed E-state index contributed by atoms with van der Waals surface area (Å²) >= 11 is 8.58. The molecule has 766 valence electrons. The monoisotopic (exact) mass is 2040 g/mol. The van der Waals surface area contributed by atoms with Gasteiger partial charge in [-0.1, -0.05) is 287 Å². The molecule has 3 aromatic heterocycles. The number of aromatic nitrogens is 11. The van der Waals surface area contributed by atoms with Crippen molar-refractivity contribution in [3.05, 3.63) is 226 Å². The van der Waals surface area contributed by atoms with Gasteiger partial charge in [-0.25, -0.2) is 17.9 Å². The summed E-state index contributed by atoms with van der Waals surface area (Å²) in [6.45, 7) is 30.2. The minimum Gasteiger partial charge on any atom is -0.506 e. The third-order valence-corrected chi connectivity index (χ3v) is 28.9. The number of sulfonamides is 1. The van der Waals surface area contributed by atoms with E-state index in [4.69, 9.17) is 41.4 Å². The molecular formula is C108H135ClN18O14S3. The number of Topliss-reactive ketones (excluding diaryl/α,β-unsaturated/α-hetero) is 1. The van der Waals surface area contributed by atoms with Gasteiger partial charge >= 0.3 is 11.9 Å². The van der Waals surface area contributed by atoms with Crippen LogP contribution in [0, 0.1) is 18.3 Å². The van der Waals surface area contributed by atoms with E-state index in [9.17, 15) is 47.1 Å². The molecule has 0 bridgehead atoms. The van der Waals surface area contributed by atoms with Gasteiger partial charge in [0.2, 0.25) is 26.2 Å². The van der Waals surface area contributed by atoms with Crippen molar-refractivity contribution in [1.82, 2.24) is 60.7 Å². The van der Waals surface area contributed by atoms with Gasteiger partial charge in [-0.3, -0.25) is 33.5 Å². The van der Waals surface area contributed by atoms with Crippen molar-refractivity contribution in [3.63, 3.8) is 0 Å². The molecule has 2 aliphatic rings. The molecule has 9 aromatic carbocycles. The van der Waals surface area contributed by atoms with Gasteiger partial charge in [0.05, 0.1) is 57.2 Å². The Morgan fingerprint density at radius 1 is 0.625 bits per heavy atom. The fourth-order valence-electron chi connectivity index (χ4n) is 15.9. The fourth-order valence-corrected chi connectivity index (χ4v) is 19.1. The van der Waals surface area contributed by atoms with Crippen molar-refractivity contribution in [2.75, 3.05) is 45.8 Å². The van der Waals surface area contributed by atoms with Crippen LogP contribution in [-0.4, -0.2) is 158 Å². The summed E-state index contributed by atoms with van der Waals surface area (Å²) in [5.41, 5.74) is 13.5. The molecule has 1 saturated heterocycles. The third-order valence-electron chi connectivity index (χ3n) is 25.1. The number of carbonyl (C=O) groups excluding carboxylic acids is 7. The number of nitrogens with two attached hydrogens (primary N) is 1. The summed E-state index contributed by atoms with van der Waals surface area (Å²) in [5.74, 6) is -0.838. The molecule has 3 atom stereocenters. The van der Waals surface area contributed by atoms with Crippen LogP contribution in [0.15, 0.2) is 203 Å². The Labute approximate surface area is 857 Å². The molecule has 0 radical (unpaired) electrons. The number of hydrogen-bond acceptors (Lipinski definition) is 26. The number of thioether (sulfide) groups is 2. The lowest BCUT2D eigenvalue weighted by molar-refractivity contribution is -0.145. The number of carbonyl (C=O) groups is 7. The Hall–Kier alpha value is -13.1. The summed E-state index contributed by atoms with van der Waals surface area (Å²) in [4.78, 5) is 90.2. The number of phenols is 1. The summed E-state index contributed by atoms with van der Waals surface area (Å²) in [5, 5.41) is 58.7. The number of unbranched alkanes of at least 4 members (excludes halogenated alkanes) is 13. The molecule has 2 aliphatic heterocycles. The summed E-state index contributed by atoms with van der Waals surface area (Å²) in [7, 11) is -3.78. The van der Waals surface area contributed by atoms with Crippen LogP contribution >= 0.6 is 35.1 Å². The number of aromatic hydroxyl groups is 1. The lowest BCUT2D eigenvalue weighted by atomic mass is 9.76. The van der Waals surface area contributed by atoms with E-state index in [0.717, 1.165) is 86.2 Å². The van der Waals surface area contributed by atoms with E-state index in [1.54, 1.807) is 142 Å². The number of halogens is 1. The average Bonchev–Trinajstić information content (AvgIpc) is 1.76. The number of esters is 2. The van der Waals surface area contributed by atoms with Crippen LogP contribution in [-0.2, 0) is 61.9 Å². The van der Waals surface area contributed by atoms with Gasteiger partial charge in [0.15, 0.2) is 17.1 Å². The van der Waals surface area contributed by atoms with Crippen LogP contribution in [0.4, 0.5) is 22.7 Å². The number of ketones is 1. The van der Waals surface area contributed by atoms with E-state index in [0.29, 0.717) is 103 Å². The summed E-state index contributed by atoms with van der Waals surface area (Å²) in [6, 6.07) is 55.8. The highest BCUT2D eigenvalue weighted by Gasteiger charge is 2.43. The number of hydrazone groups is 1. The van der Waals surface area contributed by atoms with Gasteiger partial charge in [-0.2, -0.15) is 30.2 Å².